The number of halogens is 3. The van der Waals surface area contributed by atoms with Gasteiger partial charge < -0.3 is 14.7 Å². The van der Waals surface area contributed by atoms with E-state index in [2.05, 4.69) is 24.8 Å². The molecular weight excluding hydrogens is 663 g/mol. The van der Waals surface area contributed by atoms with Crippen molar-refractivity contribution in [3.8, 4) is 23.0 Å². The molecule has 2 N–H and O–H groups in total. The summed E-state index contributed by atoms with van der Waals surface area (Å²) in [7, 11) is -4.28. The van der Waals surface area contributed by atoms with Gasteiger partial charge in [-0.1, -0.05) is 50.1 Å². The summed E-state index contributed by atoms with van der Waals surface area (Å²) in [6.45, 7) is 3.67. The number of anilines is 2. The standard InChI is InChI=1S/C33H38F3N7O5S/c1-22(31(44)45)20-42-17-9-5-4-6-11-23-12-7-8-13-24(23)29-30(43-18-16-27(40-43)48-21-32(2,3)33(34,35)36)37-19-25(38-29)41-49(46,47)28-15-10-14-26(42)39-28/h7-8,10,12-16,18-19,22H,4-6,9,11,17,20-21H2,1-3H3,(H,38,41)(H,44,45). The number of pyridine rings is 1. The van der Waals surface area contributed by atoms with Crippen LogP contribution in [-0.4, -0.2) is 70.1 Å². The highest BCUT2D eigenvalue weighted by Gasteiger charge is 2.48. The number of benzene rings is 1. The van der Waals surface area contributed by atoms with Crippen LogP contribution in [0.1, 0.15) is 52.0 Å². The van der Waals surface area contributed by atoms with Crippen LogP contribution in [0, 0.1) is 11.3 Å². The van der Waals surface area contributed by atoms with Crippen LogP contribution in [0.3, 0.4) is 0 Å². The molecule has 4 bridgehead atoms. The predicted octanol–water partition coefficient (Wildman–Crippen LogP) is 6.14. The van der Waals surface area contributed by atoms with E-state index in [9.17, 15) is 31.5 Å². The minimum absolute atomic E-state index is 0.0496. The van der Waals surface area contributed by atoms with Crippen LogP contribution in [-0.2, 0) is 21.2 Å². The van der Waals surface area contributed by atoms with Crippen LogP contribution in [0.2, 0.25) is 0 Å². The van der Waals surface area contributed by atoms with Crippen LogP contribution in [0.5, 0.6) is 5.88 Å². The van der Waals surface area contributed by atoms with Crippen molar-refractivity contribution < 1.29 is 36.2 Å². The van der Waals surface area contributed by atoms with E-state index in [4.69, 9.17) is 4.74 Å². The lowest BCUT2D eigenvalue weighted by Gasteiger charge is -2.26. The largest absolute Gasteiger partial charge is 0.481 e. The van der Waals surface area contributed by atoms with Gasteiger partial charge in [0.25, 0.3) is 10.0 Å². The highest BCUT2D eigenvalue weighted by atomic mass is 32.2. The van der Waals surface area contributed by atoms with E-state index in [1.54, 1.807) is 24.0 Å². The number of carbonyl (C=O) groups is 1. The van der Waals surface area contributed by atoms with E-state index in [0.29, 0.717) is 30.0 Å². The number of sulfonamides is 1. The summed E-state index contributed by atoms with van der Waals surface area (Å²) in [5.41, 5.74) is -0.202. The second-order valence-corrected chi connectivity index (χ2v) is 14.3. The molecular formula is C33H38F3N7O5S. The van der Waals surface area contributed by atoms with Crippen molar-refractivity contribution in [1.82, 2.24) is 24.7 Å². The van der Waals surface area contributed by atoms with Gasteiger partial charge in [0.2, 0.25) is 5.88 Å². The van der Waals surface area contributed by atoms with Gasteiger partial charge in [-0.3, -0.25) is 9.52 Å². The molecule has 5 rings (SSSR count). The SMILES string of the molecule is CC(CN1CCCCCCc2ccccc2-c2nc(cnc2-n2ccc(OCC(C)(C)C(F)(F)F)n2)NS(=O)(=O)c2cccc1n2)C(=O)O. The fourth-order valence-electron chi connectivity index (χ4n) is 5.19. The summed E-state index contributed by atoms with van der Waals surface area (Å²) in [6, 6.07) is 13.5. The lowest BCUT2D eigenvalue weighted by Crippen LogP contribution is -2.37. The Bertz CT molecular complexity index is 1900. The molecule has 0 spiro atoms. The Kier molecular flexibility index (Phi) is 10.5. The minimum atomic E-state index is -4.48. The Hall–Kier alpha value is -4.73. The third-order valence-corrected chi connectivity index (χ3v) is 9.50. The maximum atomic E-state index is 13.6. The number of alkyl halides is 3. The Morgan fingerprint density at radius 2 is 1.80 bits per heavy atom. The summed E-state index contributed by atoms with van der Waals surface area (Å²) in [4.78, 5) is 27.0. The predicted molar refractivity (Wildman–Crippen MR) is 176 cm³/mol. The average molecular weight is 702 g/mol. The molecule has 0 radical (unpaired) electrons. The Morgan fingerprint density at radius 3 is 2.55 bits per heavy atom. The van der Waals surface area contributed by atoms with Gasteiger partial charge in [-0.2, -0.15) is 21.6 Å². The first-order chi connectivity index (χ1) is 23.1. The number of ether oxygens (including phenoxy) is 1. The summed E-state index contributed by atoms with van der Waals surface area (Å²) in [6.07, 6.45) is 2.20. The number of aliphatic carboxylic acids is 1. The molecule has 1 atom stereocenters. The lowest BCUT2D eigenvalue weighted by atomic mass is 9.94. The molecule has 4 heterocycles. The number of nitrogens with zero attached hydrogens (tertiary/aromatic N) is 6. The van der Waals surface area contributed by atoms with Crippen molar-refractivity contribution >= 4 is 27.6 Å². The number of aromatic nitrogens is 5. The van der Waals surface area contributed by atoms with Crippen molar-refractivity contribution in [2.24, 2.45) is 11.3 Å². The molecule has 0 aliphatic carbocycles. The molecule has 4 aromatic rings. The average Bonchev–Trinajstić information content (AvgIpc) is 3.53. The molecule has 262 valence electrons. The molecule has 49 heavy (non-hydrogen) atoms. The summed E-state index contributed by atoms with van der Waals surface area (Å²) < 4.78 is 76.6. The Labute approximate surface area is 282 Å². The first-order valence-corrected chi connectivity index (χ1v) is 17.3. The zero-order valence-corrected chi connectivity index (χ0v) is 28.1. The van der Waals surface area contributed by atoms with E-state index < -0.39 is 40.1 Å². The van der Waals surface area contributed by atoms with Gasteiger partial charge in [-0.15, -0.1) is 5.10 Å². The van der Waals surface area contributed by atoms with Gasteiger partial charge in [0.1, 0.15) is 18.1 Å². The number of hydrogen-bond acceptors (Lipinski definition) is 9. The number of rotatable bonds is 7. The molecule has 1 aliphatic rings. The van der Waals surface area contributed by atoms with E-state index >= 15 is 0 Å². The van der Waals surface area contributed by atoms with Crippen LogP contribution in [0.25, 0.3) is 17.1 Å². The molecule has 1 aromatic carbocycles. The number of nitrogens with one attached hydrogen (secondary N) is 1. The van der Waals surface area contributed by atoms with E-state index in [0.717, 1.165) is 45.1 Å². The monoisotopic (exact) mass is 701 g/mol. The molecule has 12 nitrogen and oxygen atoms in total. The molecule has 16 heteroatoms. The molecule has 3 aromatic heterocycles. The zero-order valence-electron chi connectivity index (χ0n) is 27.3. The van der Waals surface area contributed by atoms with Gasteiger partial charge in [-0.25, -0.2) is 19.6 Å². The van der Waals surface area contributed by atoms with E-state index in [1.165, 1.54) is 29.2 Å². The Morgan fingerprint density at radius 1 is 1.04 bits per heavy atom. The zero-order chi connectivity index (χ0) is 35.4. The van der Waals surface area contributed by atoms with Crippen LogP contribution in [0.15, 0.2) is 66.0 Å². The molecule has 0 fully saturated rings. The second-order valence-electron chi connectivity index (χ2n) is 12.6. The number of aryl methyl sites for hydroxylation is 1. The van der Waals surface area contributed by atoms with Crippen molar-refractivity contribution in [3.05, 3.63) is 66.5 Å². The van der Waals surface area contributed by atoms with Gasteiger partial charge in [0.05, 0.1) is 17.5 Å². The topological polar surface area (TPSA) is 152 Å². The lowest BCUT2D eigenvalue weighted by molar-refractivity contribution is -0.219. The Balaban J connectivity index is 1.54. The number of carboxylic acids is 1. The molecule has 0 saturated heterocycles. The van der Waals surface area contributed by atoms with Crippen LogP contribution in [0.4, 0.5) is 24.8 Å². The summed E-state index contributed by atoms with van der Waals surface area (Å²) in [5.74, 6) is -1.27. The van der Waals surface area contributed by atoms with Crippen LogP contribution >= 0.6 is 0 Å². The third-order valence-electron chi connectivity index (χ3n) is 8.24. The van der Waals surface area contributed by atoms with Gasteiger partial charge in [-0.05, 0) is 50.8 Å². The first kappa shape index (κ1) is 35.6. The van der Waals surface area contributed by atoms with E-state index in [1.807, 2.05) is 24.3 Å². The van der Waals surface area contributed by atoms with Gasteiger partial charge in [0.15, 0.2) is 16.7 Å². The fraction of sp³-hybridized carbons (Fsp3) is 0.424. The van der Waals surface area contributed by atoms with Crippen molar-refractivity contribution in [2.45, 2.75) is 64.1 Å². The fourth-order valence-corrected chi connectivity index (χ4v) is 6.14. The first-order valence-electron chi connectivity index (χ1n) is 15.8. The van der Waals surface area contributed by atoms with Gasteiger partial charge in [0, 0.05) is 30.9 Å². The molecule has 0 saturated carbocycles. The van der Waals surface area contributed by atoms with Crippen molar-refractivity contribution in [1.29, 1.82) is 0 Å². The molecule has 0 amide bonds. The summed E-state index contributed by atoms with van der Waals surface area (Å²) in [5, 5.41) is 13.6. The highest BCUT2D eigenvalue weighted by molar-refractivity contribution is 7.92. The van der Waals surface area contributed by atoms with Crippen molar-refractivity contribution in [3.63, 3.8) is 0 Å². The maximum Gasteiger partial charge on any atom is 0.397 e. The highest BCUT2D eigenvalue weighted by Crippen LogP contribution is 2.38. The van der Waals surface area contributed by atoms with Crippen molar-refractivity contribution in [2.75, 3.05) is 29.3 Å². The molecule has 1 aliphatic heterocycles. The number of hydrogen-bond donors (Lipinski definition) is 2. The molecule has 1 unspecified atom stereocenters. The second kappa shape index (κ2) is 14.4. The quantitative estimate of drug-likeness (QED) is 0.230. The normalized spacial score (nSPS) is 16.2. The van der Waals surface area contributed by atoms with Gasteiger partial charge >= 0.3 is 12.1 Å². The van der Waals surface area contributed by atoms with Crippen LogP contribution < -0.4 is 14.4 Å². The summed E-state index contributed by atoms with van der Waals surface area (Å²) >= 11 is 0. The number of fused-ring (bicyclic) bond motifs is 6. The maximum absolute atomic E-state index is 13.6. The van der Waals surface area contributed by atoms with E-state index in [-0.39, 0.29) is 29.1 Å². The smallest absolute Gasteiger partial charge is 0.397 e. The number of carboxylic acid groups (broad SMARTS) is 1. The third kappa shape index (κ3) is 8.47. The minimum Gasteiger partial charge on any atom is -0.481 e.